The predicted molar refractivity (Wildman–Crippen MR) is 126 cm³/mol. The van der Waals surface area contributed by atoms with Gasteiger partial charge in [0, 0.05) is 36.9 Å². The number of guanidine groups is 1. The molecule has 0 aliphatic carbocycles. The SMILES string of the molecule is CCNC(=NCc1ccccc1Cl)NCC1CCN(c2ccccc2)C1.I. The summed E-state index contributed by atoms with van der Waals surface area (Å²) in [6.45, 7) is 6.63. The molecule has 0 amide bonds. The standard InChI is InChI=1S/C21H27ClN4.HI/c1-2-23-21(25-15-18-8-6-7-11-20(18)22)24-14-17-12-13-26(16-17)19-9-4-3-5-10-19;/h3-11,17H,2,12-16H2,1H3,(H2,23,24,25);1H. The van der Waals surface area contributed by atoms with Gasteiger partial charge in [0.05, 0.1) is 6.54 Å². The van der Waals surface area contributed by atoms with Crippen molar-refractivity contribution < 1.29 is 0 Å². The van der Waals surface area contributed by atoms with E-state index < -0.39 is 0 Å². The molecule has 1 saturated heterocycles. The Bertz CT molecular complexity index is 723. The van der Waals surface area contributed by atoms with Gasteiger partial charge in [0.25, 0.3) is 0 Å². The van der Waals surface area contributed by atoms with Crippen molar-refractivity contribution in [2.24, 2.45) is 10.9 Å². The Morgan fingerprint density at radius 1 is 1.11 bits per heavy atom. The van der Waals surface area contributed by atoms with E-state index in [9.17, 15) is 0 Å². The van der Waals surface area contributed by atoms with Gasteiger partial charge in [0.1, 0.15) is 0 Å². The van der Waals surface area contributed by atoms with Gasteiger partial charge >= 0.3 is 0 Å². The highest BCUT2D eigenvalue weighted by Gasteiger charge is 2.22. The minimum Gasteiger partial charge on any atom is -0.371 e. The first-order chi connectivity index (χ1) is 12.8. The largest absolute Gasteiger partial charge is 0.371 e. The molecule has 1 aliphatic heterocycles. The minimum absolute atomic E-state index is 0. The number of para-hydroxylation sites is 1. The first-order valence-electron chi connectivity index (χ1n) is 9.32. The maximum atomic E-state index is 6.22. The summed E-state index contributed by atoms with van der Waals surface area (Å²) in [6.07, 6.45) is 1.20. The second kappa shape index (κ2) is 11.4. The van der Waals surface area contributed by atoms with E-state index in [1.54, 1.807) is 0 Å². The van der Waals surface area contributed by atoms with Gasteiger partial charge in [-0.15, -0.1) is 24.0 Å². The summed E-state index contributed by atoms with van der Waals surface area (Å²) < 4.78 is 0. The van der Waals surface area contributed by atoms with Gasteiger partial charge < -0.3 is 15.5 Å². The van der Waals surface area contributed by atoms with E-state index in [2.05, 4.69) is 57.8 Å². The van der Waals surface area contributed by atoms with Crippen LogP contribution in [-0.2, 0) is 6.54 Å². The predicted octanol–water partition coefficient (Wildman–Crippen LogP) is 4.54. The molecule has 146 valence electrons. The zero-order valence-electron chi connectivity index (χ0n) is 15.7. The molecule has 2 aromatic carbocycles. The van der Waals surface area contributed by atoms with Crippen LogP contribution in [0.5, 0.6) is 0 Å². The molecule has 1 fully saturated rings. The number of aliphatic imine (C=N–C) groups is 1. The van der Waals surface area contributed by atoms with Crippen molar-refractivity contribution in [3.63, 3.8) is 0 Å². The van der Waals surface area contributed by atoms with Gasteiger partial charge in [-0.25, -0.2) is 4.99 Å². The number of nitrogens with one attached hydrogen (secondary N) is 2. The van der Waals surface area contributed by atoms with E-state index in [0.717, 1.165) is 42.7 Å². The number of nitrogens with zero attached hydrogens (tertiary/aromatic N) is 2. The number of anilines is 1. The van der Waals surface area contributed by atoms with Gasteiger partial charge in [-0.05, 0) is 43.0 Å². The van der Waals surface area contributed by atoms with Gasteiger partial charge in [-0.1, -0.05) is 48.0 Å². The first kappa shape index (κ1) is 21.8. The van der Waals surface area contributed by atoms with Gasteiger partial charge in [-0.3, -0.25) is 0 Å². The van der Waals surface area contributed by atoms with Crippen LogP contribution in [0.4, 0.5) is 5.69 Å². The number of benzene rings is 2. The van der Waals surface area contributed by atoms with Crippen LogP contribution in [0.15, 0.2) is 59.6 Å². The topological polar surface area (TPSA) is 39.7 Å². The maximum Gasteiger partial charge on any atom is 0.191 e. The average Bonchev–Trinajstić information content (AvgIpc) is 3.15. The van der Waals surface area contributed by atoms with Crippen molar-refractivity contribution in [2.45, 2.75) is 19.9 Å². The lowest BCUT2D eigenvalue weighted by atomic mass is 10.1. The highest BCUT2D eigenvalue weighted by Crippen LogP contribution is 2.23. The van der Waals surface area contributed by atoms with Crippen LogP contribution in [0.3, 0.4) is 0 Å². The zero-order chi connectivity index (χ0) is 18.2. The Kier molecular flexibility index (Phi) is 9.21. The van der Waals surface area contributed by atoms with Crippen LogP contribution in [-0.4, -0.2) is 32.1 Å². The molecule has 4 nitrogen and oxygen atoms in total. The molecule has 0 bridgehead atoms. The van der Waals surface area contributed by atoms with Crippen LogP contribution in [0, 0.1) is 5.92 Å². The molecule has 0 aromatic heterocycles. The molecule has 1 atom stereocenters. The van der Waals surface area contributed by atoms with Crippen molar-refractivity contribution in [3.05, 3.63) is 65.2 Å². The second-order valence-electron chi connectivity index (χ2n) is 6.60. The van der Waals surface area contributed by atoms with E-state index in [1.165, 1.54) is 12.1 Å². The number of halogens is 2. The highest BCUT2D eigenvalue weighted by molar-refractivity contribution is 14.0. The van der Waals surface area contributed by atoms with E-state index in [4.69, 9.17) is 11.6 Å². The molecule has 6 heteroatoms. The molecular weight excluding hydrogens is 471 g/mol. The van der Waals surface area contributed by atoms with Crippen molar-refractivity contribution in [2.75, 3.05) is 31.1 Å². The average molecular weight is 499 g/mol. The Hall–Kier alpha value is -1.47. The number of hydrogen-bond acceptors (Lipinski definition) is 2. The third-order valence-corrected chi connectivity index (χ3v) is 5.04. The third kappa shape index (κ3) is 6.57. The van der Waals surface area contributed by atoms with Crippen molar-refractivity contribution in [1.29, 1.82) is 0 Å². The highest BCUT2D eigenvalue weighted by atomic mass is 127. The van der Waals surface area contributed by atoms with Gasteiger partial charge in [-0.2, -0.15) is 0 Å². The number of rotatable bonds is 6. The summed E-state index contributed by atoms with van der Waals surface area (Å²) in [5, 5.41) is 7.58. The van der Waals surface area contributed by atoms with Crippen LogP contribution in [0.25, 0.3) is 0 Å². The summed E-state index contributed by atoms with van der Waals surface area (Å²) in [7, 11) is 0. The minimum atomic E-state index is 0. The molecule has 2 N–H and O–H groups in total. The second-order valence-corrected chi connectivity index (χ2v) is 7.01. The summed E-state index contributed by atoms with van der Waals surface area (Å²) in [5.74, 6) is 1.48. The Morgan fingerprint density at radius 2 is 1.85 bits per heavy atom. The molecule has 0 saturated carbocycles. The van der Waals surface area contributed by atoms with Crippen molar-refractivity contribution in [3.8, 4) is 0 Å². The van der Waals surface area contributed by atoms with E-state index in [0.29, 0.717) is 12.5 Å². The summed E-state index contributed by atoms with van der Waals surface area (Å²) in [6, 6.07) is 18.5. The van der Waals surface area contributed by atoms with Crippen LogP contribution in [0.2, 0.25) is 5.02 Å². The normalized spacial score (nSPS) is 16.7. The van der Waals surface area contributed by atoms with Crippen LogP contribution in [0.1, 0.15) is 18.9 Å². The van der Waals surface area contributed by atoms with E-state index in [-0.39, 0.29) is 24.0 Å². The fourth-order valence-corrected chi connectivity index (χ4v) is 3.44. The van der Waals surface area contributed by atoms with Gasteiger partial charge in [0.2, 0.25) is 0 Å². The zero-order valence-corrected chi connectivity index (χ0v) is 18.8. The fraction of sp³-hybridized carbons (Fsp3) is 0.381. The van der Waals surface area contributed by atoms with E-state index >= 15 is 0 Å². The molecule has 1 aliphatic rings. The van der Waals surface area contributed by atoms with Crippen LogP contribution >= 0.6 is 35.6 Å². The molecule has 0 spiro atoms. The lowest BCUT2D eigenvalue weighted by Crippen LogP contribution is -2.40. The molecule has 1 heterocycles. The first-order valence-corrected chi connectivity index (χ1v) is 9.69. The molecule has 0 radical (unpaired) electrons. The Balaban J connectivity index is 0.00000261. The maximum absolute atomic E-state index is 6.22. The molecular formula is C21H28ClIN4. The van der Waals surface area contributed by atoms with Gasteiger partial charge in [0.15, 0.2) is 5.96 Å². The van der Waals surface area contributed by atoms with E-state index in [1.807, 2.05) is 24.3 Å². The van der Waals surface area contributed by atoms with Crippen molar-refractivity contribution >= 4 is 47.2 Å². The lowest BCUT2D eigenvalue weighted by Gasteiger charge is -2.19. The monoisotopic (exact) mass is 498 g/mol. The molecule has 27 heavy (non-hydrogen) atoms. The fourth-order valence-electron chi connectivity index (χ4n) is 3.25. The smallest absolute Gasteiger partial charge is 0.191 e. The summed E-state index contributed by atoms with van der Waals surface area (Å²) in [4.78, 5) is 7.14. The van der Waals surface area contributed by atoms with Crippen molar-refractivity contribution in [1.82, 2.24) is 10.6 Å². The summed E-state index contributed by atoms with van der Waals surface area (Å²) in [5.41, 5.74) is 2.36. The number of hydrogen-bond donors (Lipinski definition) is 2. The molecule has 2 aromatic rings. The quantitative estimate of drug-likeness (QED) is 0.349. The molecule has 1 unspecified atom stereocenters. The Morgan fingerprint density at radius 3 is 2.59 bits per heavy atom. The Labute approximate surface area is 184 Å². The third-order valence-electron chi connectivity index (χ3n) is 4.67. The van der Waals surface area contributed by atoms with Crippen LogP contribution < -0.4 is 15.5 Å². The molecule has 3 rings (SSSR count). The summed E-state index contributed by atoms with van der Waals surface area (Å²) >= 11 is 6.22. The lowest BCUT2D eigenvalue weighted by molar-refractivity contribution is 0.566.